The van der Waals surface area contributed by atoms with Crippen molar-refractivity contribution in [3.8, 4) is 0 Å². The van der Waals surface area contributed by atoms with Crippen LogP contribution in [0.3, 0.4) is 0 Å². The summed E-state index contributed by atoms with van der Waals surface area (Å²) < 4.78 is 0. The van der Waals surface area contributed by atoms with Crippen molar-refractivity contribution in [1.29, 1.82) is 0 Å². The molecule has 2 aromatic heterocycles. The topological polar surface area (TPSA) is 122 Å². The van der Waals surface area contributed by atoms with Crippen molar-refractivity contribution in [2.45, 2.75) is 13.3 Å². The van der Waals surface area contributed by atoms with Gasteiger partial charge in [0.25, 0.3) is 0 Å². The number of rotatable bonds is 5. The van der Waals surface area contributed by atoms with Crippen LogP contribution in [0.1, 0.15) is 13.3 Å². The quantitative estimate of drug-likeness (QED) is 0.585. The Kier molecular flexibility index (Phi) is 3.56. The van der Waals surface area contributed by atoms with Crippen LogP contribution in [0.5, 0.6) is 0 Å². The monoisotopic (exact) mass is 249 g/mol. The van der Waals surface area contributed by atoms with Gasteiger partial charge in [-0.1, -0.05) is 0 Å². The summed E-state index contributed by atoms with van der Waals surface area (Å²) >= 11 is 0. The maximum atomic E-state index is 11.3. The van der Waals surface area contributed by atoms with Gasteiger partial charge in [-0.3, -0.25) is 9.89 Å². The molecule has 0 aliphatic rings. The molecule has 8 nitrogen and oxygen atoms in total. The van der Waals surface area contributed by atoms with Gasteiger partial charge in [-0.05, 0) is 6.92 Å². The zero-order valence-electron chi connectivity index (χ0n) is 10.0. The number of nitrogens with zero attached hydrogens (tertiary/aromatic N) is 3. The van der Waals surface area contributed by atoms with Gasteiger partial charge in [-0.25, -0.2) is 0 Å². The Morgan fingerprint density at radius 1 is 1.50 bits per heavy atom. The molecule has 2 rings (SSSR count). The van der Waals surface area contributed by atoms with Gasteiger partial charge in [0.15, 0.2) is 5.65 Å². The summed E-state index contributed by atoms with van der Waals surface area (Å²) in [7, 11) is 0. The number of hydrogen-bond donors (Lipinski definition) is 4. The molecule has 0 atom stereocenters. The third-order valence-corrected chi connectivity index (χ3v) is 2.35. The number of fused-ring (bicyclic) bond motifs is 1. The fraction of sp³-hybridized carbons (Fsp3) is 0.400. The van der Waals surface area contributed by atoms with E-state index >= 15 is 0 Å². The van der Waals surface area contributed by atoms with Crippen LogP contribution in [0.25, 0.3) is 11.0 Å². The van der Waals surface area contributed by atoms with Gasteiger partial charge in [0, 0.05) is 19.5 Å². The van der Waals surface area contributed by atoms with Crippen LogP contribution >= 0.6 is 0 Å². The fourth-order valence-corrected chi connectivity index (χ4v) is 1.57. The molecular weight excluding hydrogens is 234 g/mol. The van der Waals surface area contributed by atoms with E-state index in [4.69, 9.17) is 5.73 Å². The number of nitrogens with two attached hydrogens (primary N) is 1. The molecule has 5 N–H and O–H groups in total. The van der Waals surface area contributed by atoms with Crippen molar-refractivity contribution in [1.82, 2.24) is 25.5 Å². The molecule has 0 aliphatic carbocycles. The molecule has 0 saturated carbocycles. The molecule has 0 bridgehead atoms. The lowest BCUT2D eigenvalue weighted by molar-refractivity contribution is -0.120. The molecule has 0 unspecified atom stereocenters. The molecule has 0 radical (unpaired) electrons. The highest BCUT2D eigenvalue weighted by Gasteiger charge is 2.08. The Labute approximate surface area is 103 Å². The van der Waals surface area contributed by atoms with E-state index in [0.717, 1.165) is 5.39 Å². The van der Waals surface area contributed by atoms with Crippen molar-refractivity contribution in [2.75, 3.05) is 24.1 Å². The molecular formula is C10H15N7O. The van der Waals surface area contributed by atoms with Crippen LogP contribution in [0.15, 0.2) is 6.20 Å². The molecule has 18 heavy (non-hydrogen) atoms. The van der Waals surface area contributed by atoms with E-state index < -0.39 is 0 Å². The lowest BCUT2D eigenvalue weighted by atomic mass is 10.3. The highest BCUT2D eigenvalue weighted by molar-refractivity contribution is 5.87. The van der Waals surface area contributed by atoms with Crippen molar-refractivity contribution < 1.29 is 4.79 Å². The van der Waals surface area contributed by atoms with Gasteiger partial charge in [0.05, 0.1) is 11.6 Å². The number of aromatic amines is 1. The Hall–Kier alpha value is -2.38. The number of aromatic nitrogens is 4. The minimum atomic E-state index is -0.00420. The van der Waals surface area contributed by atoms with Crippen LogP contribution in [0, 0.1) is 0 Å². The minimum Gasteiger partial charge on any atom is -0.369 e. The zero-order valence-corrected chi connectivity index (χ0v) is 10.0. The van der Waals surface area contributed by atoms with E-state index in [9.17, 15) is 4.79 Å². The number of H-pyrrole nitrogens is 1. The summed E-state index contributed by atoms with van der Waals surface area (Å²) in [6, 6.07) is 0. The largest absolute Gasteiger partial charge is 0.369 e. The molecule has 0 fully saturated rings. The Balaban J connectivity index is 2.03. The third kappa shape index (κ3) is 2.65. The lowest BCUT2D eigenvalue weighted by Gasteiger charge is -2.06. The van der Waals surface area contributed by atoms with Gasteiger partial charge >= 0.3 is 0 Å². The molecule has 2 heterocycles. The first-order valence-corrected chi connectivity index (χ1v) is 5.68. The number of anilines is 2. The van der Waals surface area contributed by atoms with Crippen LogP contribution in [-0.4, -0.2) is 39.2 Å². The number of amides is 1. The van der Waals surface area contributed by atoms with Crippen molar-refractivity contribution in [2.24, 2.45) is 0 Å². The molecule has 0 saturated heterocycles. The standard InChI is InChI=1S/C10H15N7O/c1-2-12-7(18)3-4-13-8-6-5-14-17-9(6)16-10(11)15-8/h5H,2-4H2,1H3,(H,12,18)(H4,11,13,14,15,16,17). The van der Waals surface area contributed by atoms with E-state index in [0.29, 0.717) is 31.0 Å². The van der Waals surface area contributed by atoms with Gasteiger partial charge in [-0.15, -0.1) is 0 Å². The summed E-state index contributed by atoms with van der Waals surface area (Å²) in [5.74, 6) is 0.735. The second-order valence-electron chi connectivity index (χ2n) is 3.69. The number of nitrogen functional groups attached to an aromatic ring is 1. The van der Waals surface area contributed by atoms with E-state index in [1.165, 1.54) is 0 Å². The average Bonchev–Trinajstić information content (AvgIpc) is 2.77. The summed E-state index contributed by atoms with van der Waals surface area (Å²) in [4.78, 5) is 19.4. The maximum absolute atomic E-state index is 11.3. The van der Waals surface area contributed by atoms with Crippen molar-refractivity contribution >= 4 is 28.7 Å². The molecule has 2 aromatic rings. The van der Waals surface area contributed by atoms with Crippen LogP contribution in [-0.2, 0) is 4.79 Å². The number of hydrogen-bond acceptors (Lipinski definition) is 6. The predicted octanol–water partition coefficient (Wildman–Crippen LogP) is -0.127. The van der Waals surface area contributed by atoms with E-state index in [1.807, 2.05) is 6.92 Å². The van der Waals surface area contributed by atoms with E-state index in [-0.39, 0.29) is 11.9 Å². The number of nitrogens with one attached hydrogen (secondary N) is 3. The average molecular weight is 249 g/mol. The second kappa shape index (κ2) is 5.30. The minimum absolute atomic E-state index is 0.00420. The number of carbonyl (C=O) groups is 1. The number of carbonyl (C=O) groups excluding carboxylic acids is 1. The Morgan fingerprint density at radius 3 is 3.11 bits per heavy atom. The Bertz CT molecular complexity index is 550. The van der Waals surface area contributed by atoms with Gasteiger partial charge in [0.2, 0.25) is 11.9 Å². The van der Waals surface area contributed by atoms with E-state index in [2.05, 4.69) is 30.8 Å². The predicted molar refractivity (Wildman–Crippen MR) is 67.9 cm³/mol. The van der Waals surface area contributed by atoms with Gasteiger partial charge in [-0.2, -0.15) is 15.1 Å². The highest BCUT2D eigenvalue weighted by atomic mass is 16.1. The van der Waals surface area contributed by atoms with E-state index in [1.54, 1.807) is 6.20 Å². The zero-order chi connectivity index (χ0) is 13.0. The van der Waals surface area contributed by atoms with Crippen LogP contribution < -0.4 is 16.4 Å². The van der Waals surface area contributed by atoms with Gasteiger partial charge < -0.3 is 16.4 Å². The highest BCUT2D eigenvalue weighted by Crippen LogP contribution is 2.18. The summed E-state index contributed by atoms with van der Waals surface area (Å²) in [6.07, 6.45) is 1.99. The fourth-order valence-electron chi connectivity index (χ4n) is 1.57. The molecule has 0 spiro atoms. The Morgan fingerprint density at radius 2 is 2.33 bits per heavy atom. The first kappa shape index (κ1) is 12.1. The van der Waals surface area contributed by atoms with Crippen molar-refractivity contribution in [3.05, 3.63) is 6.20 Å². The summed E-state index contributed by atoms with van der Waals surface area (Å²) in [5.41, 5.74) is 6.15. The molecule has 1 amide bonds. The first-order chi connectivity index (χ1) is 8.70. The summed E-state index contributed by atoms with van der Waals surface area (Å²) in [6.45, 7) is 2.99. The SMILES string of the molecule is CCNC(=O)CCNc1nc(N)nc2[nH]ncc12. The van der Waals surface area contributed by atoms with Crippen LogP contribution in [0.4, 0.5) is 11.8 Å². The molecule has 0 aliphatic heterocycles. The first-order valence-electron chi connectivity index (χ1n) is 5.68. The lowest BCUT2D eigenvalue weighted by Crippen LogP contribution is -2.24. The van der Waals surface area contributed by atoms with Crippen molar-refractivity contribution in [3.63, 3.8) is 0 Å². The molecule has 8 heteroatoms. The summed E-state index contributed by atoms with van der Waals surface area (Å²) in [5, 5.41) is 13.1. The smallest absolute Gasteiger partial charge is 0.224 e. The maximum Gasteiger partial charge on any atom is 0.224 e. The normalized spacial score (nSPS) is 10.5. The third-order valence-electron chi connectivity index (χ3n) is 2.35. The van der Waals surface area contributed by atoms with Crippen LogP contribution in [0.2, 0.25) is 0 Å². The second-order valence-corrected chi connectivity index (χ2v) is 3.69. The van der Waals surface area contributed by atoms with Gasteiger partial charge in [0.1, 0.15) is 5.82 Å². The molecule has 96 valence electrons. The molecule has 0 aromatic carbocycles.